The number of amides is 1. The van der Waals surface area contributed by atoms with Crippen molar-refractivity contribution >= 4 is 23.0 Å². The second-order valence-electron chi connectivity index (χ2n) is 10.3. The van der Waals surface area contributed by atoms with Gasteiger partial charge in [0, 0.05) is 19.6 Å². The molecular formula is C27H33N3O7. The zero-order valence-corrected chi connectivity index (χ0v) is 21.3. The zero-order chi connectivity index (χ0) is 26.6. The van der Waals surface area contributed by atoms with Gasteiger partial charge in [-0.05, 0) is 62.6 Å². The predicted molar refractivity (Wildman–Crippen MR) is 136 cm³/mol. The maximum absolute atomic E-state index is 13.0. The van der Waals surface area contributed by atoms with Gasteiger partial charge in [0.2, 0.25) is 5.91 Å². The number of H-pyrrole nitrogens is 1. The molecule has 0 aliphatic carbocycles. The van der Waals surface area contributed by atoms with Crippen LogP contribution in [0, 0.1) is 0 Å². The van der Waals surface area contributed by atoms with Crippen molar-refractivity contribution in [2.45, 2.75) is 51.4 Å². The number of benzene rings is 2. The summed E-state index contributed by atoms with van der Waals surface area (Å²) in [5.41, 5.74) is 1.91. The number of oxazole rings is 1. The molecule has 3 aromatic rings. The number of aromatic nitrogens is 1. The Morgan fingerprint density at radius 3 is 2.78 bits per heavy atom. The molecule has 3 N–H and O–H groups in total. The van der Waals surface area contributed by atoms with Crippen LogP contribution in [-0.4, -0.2) is 64.8 Å². The van der Waals surface area contributed by atoms with Crippen molar-refractivity contribution in [2.75, 3.05) is 26.2 Å². The normalized spacial score (nSPS) is 17.0. The number of aromatic amines is 1. The van der Waals surface area contributed by atoms with Gasteiger partial charge in [0.1, 0.15) is 11.4 Å². The largest absolute Gasteiger partial charge is 0.482 e. The third-order valence-corrected chi connectivity index (χ3v) is 5.91. The lowest BCUT2D eigenvalue weighted by Gasteiger charge is -2.25. The van der Waals surface area contributed by atoms with Gasteiger partial charge in [-0.15, -0.1) is 0 Å². The van der Waals surface area contributed by atoms with E-state index in [1.807, 2.05) is 6.07 Å². The minimum Gasteiger partial charge on any atom is -0.482 e. The molecule has 10 nitrogen and oxygen atoms in total. The van der Waals surface area contributed by atoms with Crippen LogP contribution in [0.3, 0.4) is 0 Å². The SMILES string of the molecule is CC(C)(C)OC(=O)COc1cccc([C@@H](CN2CC[C@H](O)C2)NC(=O)Cc2ccc3oc(=O)[nH]c3c2)c1. The molecule has 1 aromatic heterocycles. The molecule has 198 valence electrons. The molecule has 0 radical (unpaired) electrons. The van der Waals surface area contributed by atoms with E-state index >= 15 is 0 Å². The van der Waals surface area contributed by atoms with E-state index in [2.05, 4.69) is 15.2 Å². The smallest absolute Gasteiger partial charge is 0.417 e. The van der Waals surface area contributed by atoms with E-state index in [0.29, 0.717) is 36.4 Å². The van der Waals surface area contributed by atoms with Crippen LogP contribution in [0.1, 0.15) is 44.4 Å². The molecule has 1 aliphatic heterocycles. The number of hydrogen-bond acceptors (Lipinski definition) is 8. The fourth-order valence-electron chi connectivity index (χ4n) is 4.34. The van der Waals surface area contributed by atoms with E-state index in [1.54, 1.807) is 57.2 Å². The highest BCUT2D eigenvalue weighted by Gasteiger charge is 2.25. The number of β-amino-alcohol motifs (C(OH)–C–C–N with tert-alkyl or cyclic N) is 1. The predicted octanol–water partition coefficient (Wildman–Crippen LogP) is 2.31. The number of hydrogen-bond donors (Lipinski definition) is 3. The summed E-state index contributed by atoms with van der Waals surface area (Å²) in [6.45, 7) is 6.92. The summed E-state index contributed by atoms with van der Waals surface area (Å²) in [6, 6.07) is 12.0. The summed E-state index contributed by atoms with van der Waals surface area (Å²) in [5, 5.41) is 13.1. The number of aliphatic hydroxyl groups excluding tert-OH is 1. The first-order valence-electron chi connectivity index (χ1n) is 12.3. The second kappa shape index (κ2) is 11.2. The number of nitrogens with one attached hydrogen (secondary N) is 2. The van der Waals surface area contributed by atoms with Crippen molar-refractivity contribution < 1.29 is 28.6 Å². The summed E-state index contributed by atoms with van der Waals surface area (Å²) >= 11 is 0. The van der Waals surface area contributed by atoms with Gasteiger partial charge in [0.15, 0.2) is 12.2 Å². The molecule has 1 amide bonds. The topological polar surface area (TPSA) is 134 Å². The van der Waals surface area contributed by atoms with Crippen molar-refractivity contribution in [3.63, 3.8) is 0 Å². The quantitative estimate of drug-likeness (QED) is 0.373. The highest BCUT2D eigenvalue weighted by molar-refractivity contribution is 5.81. The number of carbonyl (C=O) groups excluding carboxylic acids is 2. The van der Waals surface area contributed by atoms with Crippen molar-refractivity contribution in [1.29, 1.82) is 0 Å². The number of fused-ring (bicyclic) bond motifs is 1. The van der Waals surface area contributed by atoms with Crippen LogP contribution in [0.2, 0.25) is 0 Å². The Morgan fingerprint density at radius 1 is 1.24 bits per heavy atom. The third-order valence-electron chi connectivity index (χ3n) is 5.91. The highest BCUT2D eigenvalue weighted by Crippen LogP contribution is 2.23. The summed E-state index contributed by atoms with van der Waals surface area (Å²) in [4.78, 5) is 41.2. The number of nitrogens with zero attached hydrogens (tertiary/aromatic N) is 1. The maximum atomic E-state index is 13.0. The standard InChI is InChI=1S/C27H33N3O7/c1-27(2,3)37-25(33)16-35-20-6-4-5-18(13-20)22(15-30-10-9-19(31)14-30)28-24(32)12-17-7-8-23-21(11-17)29-26(34)36-23/h4-8,11,13,19,22,31H,9-10,12,14-16H2,1-3H3,(H,28,32)(H,29,34)/t19-,22+/m0/s1. The van der Waals surface area contributed by atoms with Crippen LogP contribution in [0.25, 0.3) is 11.1 Å². The van der Waals surface area contributed by atoms with Gasteiger partial charge in [0.05, 0.1) is 24.1 Å². The molecule has 0 bridgehead atoms. The molecule has 37 heavy (non-hydrogen) atoms. The fraction of sp³-hybridized carbons (Fsp3) is 0.444. The van der Waals surface area contributed by atoms with E-state index in [9.17, 15) is 19.5 Å². The number of carbonyl (C=O) groups is 2. The third kappa shape index (κ3) is 7.68. The molecule has 2 atom stereocenters. The van der Waals surface area contributed by atoms with Crippen LogP contribution >= 0.6 is 0 Å². The minimum absolute atomic E-state index is 0.108. The lowest BCUT2D eigenvalue weighted by Crippen LogP contribution is -2.38. The Hall–Kier alpha value is -3.63. The molecule has 2 heterocycles. The Balaban J connectivity index is 1.46. The van der Waals surface area contributed by atoms with Gasteiger partial charge in [0.25, 0.3) is 0 Å². The van der Waals surface area contributed by atoms with E-state index in [-0.39, 0.29) is 31.1 Å². The van der Waals surface area contributed by atoms with Crippen molar-refractivity contribution in [2.24, 2.45) is 0 Å². The van der Waals surface area contributed by atoms with Gasteiger partial charge in [-0.1, -0.05) is 18.2 Å². The average Bonchev–Trinajstić information content (AvgIpc) is 3.39. The summed E-state index contributed by atoms with van der Waals surface area (Å²) in [5.74, 6) is -0.726. The summed E-state index contributed by atoms with van der Waals surface area (Å²) < 4.78 is 16.0. The van der Waals surface area contributed by atoms with Gasteiger partial charge < -0.3 is 24.3 Å². The molecule has 0 spiro atoms. The molecule has 1 fully saturated rings. The monoisotopic (exact) mass is 511 g/mol. The van der Waals surface area contributed by atoms with Crippen LogP contribution in [0.5, 0.6) is 5.75 Å². The number of esters is 1. The van der Waals surface area contributed by atoms with E-state index in [4.69, 9.17) is 13.9 Å². The highest BCUT2D eigenvalue weighted by atomic mass is 16.6. The molecule has 10 heteroatoms. The molecule has 1 saturated heterocycles. The minimum atomic E-state index is -0.602. The van der Waals surface area contributed by atoms with Crippen molar-refractivity contribution in [3.05, 3.63) is 64.1 Å². The van der Waals surface area contributed by atoms with Crippen LogP contribution in [-0.2, 0) is 20.7 Å². The van der Waals surface area contributed by atoms with E-state index in [1.165, 1.54) is 0 Å². The number of likely N-dealkylation sites (tertiary alicyclic amines) is 1. The van der Waals surface area contributed by atoms with Crippen molar-refractivity contribution in [3.8, 4) is 5.75 Å². The van der Waals surface area contributed by atoms with Gasteiger partial charge in [-0.3, -0.25) is 14.7 Å². The Bertz CT molecular complexity index is 1310. The second-order valence-corrected chi connectivity index (χ2v) is 10.3. The molecular weight excluding hydrogens is 478 g/mol. The molecule has 2 aromatic carbocycles. The van der Waals surface area contributed by atoms with Crippen LogP contribution < -0.4 is 15.8 Å². The molecule has 0 saturated carbocycles. The lowest BCUT2D eigenvalue weighted by atomic mass is 10.0. The zero-order valence-electron chi connectivity index (χ0n) is 21.3. The van der Waals surface area contributed by atoms with E-state index < -0.39 is 17.3 Å². The number of rotatable bonds is 9. The number of aliphatic hydroxyl groups is 1. The van der Waals surface area contributed by atoms with Gasteiger partial charge in [-0.2, -0.15) is 0 Å². The molecule has 4 rings (SSSR count). The Morgan fingerprint density at radius 2 is 2.05 bits per heavy atom. The Labute approximate surface area is 214 Å². The van der Waals surface area contributed by atoms with E-state index in [0.717, 1.165) is 17.7 Å². The van der Waals surface area contributed by atoms with Gasteiger partial charge in [-0.25, -0.2) is 9.59 Å². The summed E-state index contributed by atoms with van der Waals surface area (Å²) in [6.07, 6.45) is 0.406. The summed E-state index contributed by atoms with van der Waals surface area (Å²) in [7, 11) is 0. The van der Waals surface area contributed by atoms with Gasteiger partial charge >= 0.3 is 11.7 Å². The van der Waals surface area contributed by atoms with Crippen molar-refractivity contribution in [1.82, 2.24) is 15.2 Å². The molecule has 1 aliphatic rings. The average molecular weight is 512 g/mol. The Kier molecular flexibility index (Phi) is 7.99. The first-order valence-corrected chi connectivity index (χ1v) is 12.3. The maximum Gasteiger partial charge on any atom is 0.417 e. The van der Waals surface area contributed by atoms with Crippen LogP contribution in [0.15, 0.2) is 51.7 Å². The first-order chi connectivity index (χ1) is 17.5. The first kappa shape index (κ1) is 26.4. The van der Waals surface area contributed by atoms with Crippen LogP contribution in [0.4, 0.5) is 0 Å². The molecule has 0 unspecified atom stereocenters. The fourth-order valence-corrected chi connectivity index (χ4v) is 4.34. The lowest BCUT2D eigenvalue weighted by molar-refractivity contribution is -0.157. The number of ether oxygens (including phenoxy) is 2.